The van der Waals surface area contributed by atoms with Crippen molar-refractivity contribution in [1.29, 1.82) is 0 Å². The van der Waals surface area contributed by atoms with Crippen molar-refractivity contribution in [3.8, 4) is 0 Å². The highest BCUT2D eigenvalue weighted by atomic mass is 16.3. The molecule has 1 heterocycles. The molecule has 1 aromatic heterocycles. The van der Waals surface area contributed by atoms with Crippen LogP contribution in [-0.2, 0) is 6.54 Å². The number of hydrogen-bond donors (Lipinski definition) is 1. The molecule has 0 unspecified atom stereocenters. The molecule has 1 N–H and O–H groups in total. The number of fused-ring (bicyclic) bond motifs is 3. The third-order valence-electron chi connectivity index (χ3n) is 4.39. The Morgan fingerprint density at radius 3 is 2.28 bits per heavy atom. The van der Waals surface area contributed by atoms with Gasteiger partial charge in [-0.3, -0.25) is 0 Å². The Morgan fingerprint density at radius 2 is 1.48 bits per heavy atom. The van der Waals surface area contributed by atoms with Crippen LogP contribution in [-0.4, -0.2) is 16.3 Å². The molecule has 4 rings (SSSR count). The summed E-state index contributed by atoms with van der Waals surface area (Å²) in [5.41, 5.74) is 5.09. The first-order chi connectivity index (χ1) is 12.3. The van der Waals surface area contributed by atoms with Crippen molar-refractivity contribution < 1.29 is 5.11 Å². The molecule has 4 heteroatoms. The van der Waals surface area contributed by atoms with Crippen molar-refractivity contribution >= 4 is 33.2 Å². The molecule has 4 nitrogen and oxygen atoms in total. The molecule has 0 aliphatic heterocycles. The van der Waals surface area contributed by atoms with Gasteiger partial charge in [0.25, 0.3) is 0 Å². The quantitative estimate of drug-likeness (QED) is 0.493. The summed E-state index contributed by atoms with van der Waals surface area (Å²) in [6, 6.07) is 22.3. The number of aliphatic hydroxyl groups excluding tert-OH is 1. The summed E-state index contributed by atoms with van der Waals surface area (Å²) in [4.78, 5) is 0. The molecule has 25 heavy (non-hydrogen) atoms. The minimum absolute atomic E-state index is 0.114. The third kappa shape index (κ3) is 2.92. The fraction of sp³-hybridized carbons (Fsp3) is 0.143. The van der Waals surface area contributed by atoms with Gasteiger partial charge in [0, 0.05) is 28.4 Å². The van der Waals surface area contributed by atoms with Gasteiger partial charge in [0.2, 0.25) is 0 Å². The number of azo groups is 1. The zero-order valence-electron chi connectivity index (χ0n) is 14.1. The van der Waals surface area contributed by atoms with E-state index in [4.69, 9.17) is 0 Å². The van der Waals surface area contributed by atoms with Gasteiger partial charge in [-0.2, -0.15) is 10.2 Å². The molecule has 0 bridgehead atoms. The Hall–Kier alpha value is -2.98. The second-order valence-electron chi connectivity index (χ2n) is 6.13. The molecular formula is C21H19N3O. The van der Waals surface area contributed by atoms with Gasteiger partial charge in [-0.05, 0) is 43.3 Å². The molecule has 0 spiro atoms. The molecule has 4 aromatic rings. The summed E-state index contributed by atoms with van der Waals surface area (Å²) < 4.78 is 2.14. The van der Waals surface area contributed by atoms with E-state index in [-0.39, 0.29) is 6.61 Å². The SMILES string of the molecule is Cc1ccc(N=Nc2ccc3c(c2)c2ccccc2n3CCO)cc1. The van der Waals surface area contributed by atoms with Gasteiger partial charge in [0.15, 0.2) is 0 Å². The van der Waals surface area contributed by atoms with Crippen LogP contribution in [0, 0.1) is 6.92 Å². The lowest BCUT2D eigenvalue weighted by Gasteiger charge is -2.04. The summed E-state index contributed by atoms with van der Waals surface area (Å²) in [6.45, 7) is 2.74. The van der Waals surface area contributed by atoms with E-state index in [1.165, 1.54) is 10.9 Å². The molecule has 0 atom stereocenters. The van der Waals surface area contributed by atoms with Gasteiger partial charge in [0.05, 0.1) is 18.0 Å². The molecule has 0 radical (unpaired) electrons. The summed E-state index contributed by atoms with van der Waals surface area (Å²) >= 11 is 0. The van der Waals surface area contributed by atoms with E-state index in [2.05, 4.69) is 46.0 Å². The minimum Gasteiger partial charge on any atom is -0.395 e. The number of rotatable bonds is 4. The number of aromatic nitrogens is 1. The Labute approximate surface area is 146 Å². The molecule has 0 aliphatic rings. The zero-order chi connectivity index (χ0) is 17.2. The molecule has 0 amide bonds. The van der Waals surface area contributed by atoms with Crippen LogP contribution >= 0.6 is 0 Å². The van der Waals surface area contributed by atoms with Gasteiger partial charge >= 0.3 is 0 Å². The maximum Gasteiger partial charge on any atom is 0.0864 e. The number of benzene rings is 3. The van der Waals surface area contributed by atoms with E-state index in [1.807, 2.05) is 42.5 Å². The monoisotopic (exact) mass is 329 g/mol. The van der Waals surface area contributed by atoms with Crippen LogP contribution in [0.1, 0.15) is 5.56 Å². The van der Waals surface area contributed by atoms with Crippen molar-refractivity contribution in [3.05, 3.63) is 72.3 Å². The van der Waals surface area contributed by atoms with E-state index in [0.29, 0.717) is 6.54 Å². The predicted octanol–water partition coefficient (Wildman–Crippen LogP) is 5.51. The van der Waals surface area contributed by atoms with Gasteiger partial charge in [-0.1, -0.05) is 35.9 Å². The lowest BCUT2D eigenvalue weighted by molar-refractivity contribution is 0.280. The van der Waals surface area contributed by atoms with Crippen LogP contribution in [0.3, 0.4) is 0 Å². The maximum absolute atomic E-state index is 9.39. The van der Waals surface area contributed by atoms with Crippen LogP contribution in [0.25, 0.3) is 21.8 Å². The Kier molecular flexibility index (Phi) is 4.04. The largest absolute Gasteiger partial charge is 0.395 e. The highest BCUT2D eigenvalue weighted by Gasteiger charge is 2.10. The summed E-state index contributed by atoms with van der Waals surface area (Å²) in [5, 5.41) is 20.4. The Morgan fingerprint density at radius 1 is 0.800 bits per heavy atom. The van der Waals surface area contributed by atoms with Crippen LogP contribution in [0.15, 0.2) is 77.0 Å². The Balaban J connectivity index is 1.79. The standard InChI is InChI=1S/C21H19N3O/c1-15-6-8-16(9-7-15)22-23-17-10-11-21-19(14-17)18-4-2-3-5-20(18)24(21)12-13-25/h2-11,14,25H,12-13H2,1H3. The van der Waals surface area contributed by atoms with E-state index < -0.39 is 0 Å². The fourth-order valence-electron chi connectivity index (χ4n) is 3.17. The van der Waals surface area contributed by atoms with Gasteiger partial charge < -0.3 is 9.67 Å². The normalized spacial score (nSPS) is 11.8. The molecule has 0 aliphatic carbocycles. The van der Waals surface area contributed by atoms with Crippen molar-refractivity contribution in [2.24, 2.45) is 10.2 Å². The first-order valence-corrected chi connectivity index (χ1v) is 8.36. The van der Waals surface area contributed by atoms with Crippen molar-refractivity contribution in [1.82, 2.24) is 4.57 Å². The topological polar surface area (TPSA) is 49.9 Å². The second kappa shape index (κ2) is 6.49. The lowest BCUT2D eigenvalue weighted by Crippen LogP contribution is -2.00. The van der Waals surface area contributed by atoms with Crippen LogP contribution in [0.5, 0.6) is 0 Å². The number of aliphatic hydroxyl groups is 1. The van der Waals surface area contributed by atoms with Gasteiger partial charge in [-0.25, -0.2) is 0 Å². The van der Waals surface area contributed by atoms with Crippen molar-refractivity contribution in [2.45, 2.75) is 13.5 Å². The van der Waals surface area contributed by atoms with Crippen LogP contribution in [0.2, 0.25) is 0 Å². The first kappa shape index (κ1) is 15.5. The highest BCUT2D eigenvalue weighted by molar-refractivity contribution is 6.08. The molecule has 3 aromatic carbocycles. The molecule has 0 saturated heterocycles. The average Bonchev–Trinajstić information content (AvgIpc) is 2.95. The molecule has 0 fully saturated rings. The highest BCUT2D eigenvalue weighted by Crippen LogP contribution is 2.32. The van der Waals surface area contributed by atoms with Gasteiger partial charge in [0.1, 0.15) is 0 Å². The van der Waals surface area contributed by atoms with Crippen LogP contribution < -0.4 is 0 Å². The smallest absolute Gasteiger partial charge is 0.0864 e. The predicted molar refractivity (Wildman–Crippen MR) is 102 cm³/mol. The lowest BCUT2D eigenvalue weighted by atomic mass is 10.1. The molecule has 0 saturated carbocycles. The van der Waals surface area contributed by atoms with E-state index in [1.54, 1.807) is 0 Å². The Bertz CT molecular complexity index is 1060. The number of para-hydroxylation sites is 1. The van der Waals surface area contributed by atoms with E-state index in [0.717, 1.165) is 27.8 Å². The molecule has 124 valence electrons. The maximum atomic E-state index is 9.39. The van der Waals surface area contributed by atoms with Gasteiger partial charge in [-0.15, -0.1) is 0 Å². The summed E-state index contributed by atoms with van der Waals surface area (Å²) in [6.07, 6.45) is 0. The second-order valence-corrected chi connectivity index (χ2v) is 6.13. The van der Waals surface area contributed by atoms with Crippen LogP contribution in [0.4, 0.5) is 11.4 Å². The fourth-order valence-corrected chi connectivity index (χ4v) is 3.17. The van der Waals surface area contributed by atoms with E-state index >= 15 is 0 Å². The van der Waals surface area contributed by atoms with Crippen molar-refractivity contribution in [3.63, 3.8) is 0 Å². The van der Waals surface area contributed by atoms with E-state index in [9.17, 15) is 5.11 Å². The minimum atomic E-state index is 0.114. The number of aryl methyl sites for hydroxylation is 1. The summed E-state index contributed by atoms with van der Waals surface area (Å²) in [5.74, 6) is 0. The summed E-state index contributed by atoms with van der Waals surface area (Å²) in [7, 11) is 0. The number of hydrogen-bond acceptors (Lipinski definition) is 3. The zero-order valence-corrected chi connectivity index (χ0v) is 14.1. The number of nitrogens with zero attached hydrogens (tertiary/aromatic N) is 3. The third-order valence-corrected chi connectivity index (χ3v) is 4.39. The first-order valence-electron chi connectivity index (χ1n) is 8.36. The van der Waals surface area contributed by atoms with Crippen molar-refractivity contribution in [2.75, 3.05) is 6.61 Å². The average molecular weight is 329 g/mol. The molecular weight excluding hydrogens is 310 g/mol.